The first kappa shape index (κ1) is 20.4. The number of aliphatic carboxylic acids is 1. The van der Waals surface area contributed by atoms with Crippen molar-refractivity contribution in [3.05, 3.63) is 39.9 Å². The quantitative estimate of drug-likeness (QED) is 0.729. The summed E-state index contributed by atoms with van der Waals surface area (Å²) in [7, 11) is 0. The monoisotopic (exact) mass is 435 g/mol. The highest BCUT2D eigenvalue weighted by Crippen LogP contribution is 2.42. The second-order valence-corrected chi connectivity index (χ2v) is 7.77. The lowest BCUT2D eigenvalue weighted by Gasteiger charge is -2.30. The van der Waals surface area contributed by atoms with E-state index in [9.17, 15) is 27.6 Å². The predicted octanol–water partition coefficient (Wildman–Crippen LogP) is 3.73. The number of hydrogen-bond donors (Lipinski definition) is 1. The van der Waals surface area contributed by atoms with Crippen LogP contribution in [-0.4, -0.2) is 45.4 Å². The number of carbonyl (C=O) groups excluding carboxylic acids is 2. The first-order chi connectivity index (χ1) is 13.0. The molecule has 1 aliphatic heterocycles. The molecule has 2 aliphatic rings. The Labute approximate surface area is 165 Å². The van der Waals surface area contributed by atoms with Crippen molar-refractivity contribution < 1.29 is 37.4 Å². The smallest absolute Gasteiger partial charge is 0.481 e. The van der Waals surface area contributed by atoms with Gasteiger partial charge >= 0.3 is 12.3 Å². The third kappa shape index (κ3) is 3.93. The van der Waals surface area contributed by atoms with Crippen molar-refractivity contribution in [1.29, 1.82) is 0 Å². The summed E-state index contributed by atoms with van der Waals surface area (Å²) in [6, 6.07) is 1.58. The zero-order chi connectivity index (χ0) is 20.8. The maximum atomic E-state index is 13.0. The van der Waals surface area contributed by atoms with E-state index < -0.39 is 41.1 Å². The maximum absolute atomic E-state index is 13.0. The Balaban J connectivity index is 1.96. The first-order valence-electron chi connectivity index (χ1n) is 7.98. The number of alkyl halides is 4. The fourth-order valence-corrected chi connectivity index (χ4v) is 4.34. The molecule has 2 atom stereocenters. The normalized spacial score (nSPS) is 22.2. The number of ether oxygens (including phenoxy) is 1. The zero-order valence-corrected chi connectivity index (χ0v) is 15.8. The van der Waals surface area contributed by atoms with E-state index in [1.54, 1.807) is 0 Å². The Kier molecular flexibility index (Phi) is 5.28. The van der Waals surface area contributed by atoms with Gasteiger partial charge in [-0.2, -0.15) is 0 Å². The lowest BCUT2D eigenvalue weighted by Crippen LogP contribution is -2.40. The van der Waals surface area contributed by atoms with Crippen LogP contribution < -0.4 is 4.74 Å². The Morgan fingerprint density at radius 2 is 2.07 bits per heavy atom. The van der Waals surface area contributed by atoms with Crippen LogP contribution in [0, 0.1) is 0 Å². The van der Waals surface area contributed by atoms with E-state index in [0.717, 1.165) is 6.07 Å². The minimum Gasteiger partial charge on any atom is -0.481 e. The topological polar surface area (TPSA) is 83.9 Å². The van der Waals surface area contributed by atoms with Crippen molar-refractivity contribution in [3.8, 4) is 5.06 Å². The van der Waals surface area contributed by atoms with E-state index in [0.29, 0.717) is 28.2 Å². The van der Waals surface area contributed by atoms with Crippen LogP contribution in [-0.2, 0) is 9.59 Å². The summed E-state index contributed by atoms with van der Waals surface area (Å²) in [5.74, 6) is -2.13. The van der Waals surface area contributed by atoms with E-state index in [-0.39, 0.29) is 17.1 Å². The summed E-state index contributed by atoms with van der Waals surface area (Å²) in [4.78, 5) is 37.4. The third-order valence-corrected chi connectivity index (χ3v) is 5.75. The van der Waals surface area contributed by atoms with Crippen LogP contribution in [0.3, 0.4) is 0 Å². The van der Waals surface area contributed by atoms with Crippen molar-refractivity contribution in [2.75, 3.05) is 0 Å². The number of carbonyl (C=O) groups is 3. The van der Waals surface area contributed by atoms with Gasteiger partial charge < -0.3 is 14.7 Å². The molecule has 1 aromatic rings. The van der Waals surface area contributed by atoms with Crippen LogP contribution in [0.15, 0.2) is 35.1 Å². The summed E-state index contributed by atoms with van der Waals surface area (Å²) in [6.45, 7) is 1.53. The highest BCUT2D eigenvalue weighted by molar-refractivity contribution is 7.15. The molecule has 2 unspecified atom stereocenters. The molecule has 0 radical (unpaired) electrons. The minimum absolute atomic E-state index is 0.0162. The largest absolute Gasteiger partial charge is 0.573 e. The van der Waals surface area contributed by atoms with Crippen LogP contribution >= 0.6 is 22.9 Å². The standard InChI is InChI=1S/C17H13ClF3NO5S/c1-7-8(5-14(24)25)9-4-12(23)10(18)6-11(9)22(7)16(26)13-2-3-15(28-13)27-17(19,20)21/h2-4,10-11H,5-6H2,1H3,(H,24,25). The Hall–Kier alpha value is -2.33. The maximum Gasteiger partial charge on any atom is 0.573 e. The van der Waals surface area contributed by atoms with E-state index in [1.165, 1.54) is 24.0 Å². The zero-order valence-electron chi connectivity index (χ0n) is 14.2. The molecule has 2 heterocycles. The molecule has 0 aromatic carbocycles. The number of carboxylic acid groups (broad SMARTS) is 1. The molecule has 11 heteroatoms. The molecule has 0 bridgehead atoms. The molecule has 0 saturated heterocycles. The van der Waals surface area contributed by atoms with Gasteiger partial charge in [-0.05, 0) is 42.7 Å². The van der Waals surface area contributed by atoms with Crippen molar-refractivity contribution in [2.24, 2.45) is 0 Å². The summed E-state index contributed by atoms with van der Waals surface area (Å²) in [6.07, 6.45) is -3.96. The number of halogens is 4. The molecule has 0 fully saturated rings. The van der Waals surface area contributed by atoms with E-state index >= 15 is 0 Å². The van der Waals surface area contributed by atoms with Crippen molar-refractivity contribution >= 4 is 40.6 Å². The van der Waals surface area contributed by atoms with Crippen molar-refractivity contribution in [1.82, 2.24) is 4.90 Å². The summed E-state index contributed by atoms with van der Waals surface area (Å²) in [5, 5.41) is 7.78. The number of rotatable bonds is 4. The number of fused-ring (bicyclic) bond motifs is 1. The Morgan fingerprint density at radius 1 is 1.39 bits per heavy atom. The number of ketones is 1. The van der Waals surface area contributed by atoms with Gasteiger partial charge in [-0.15, -0.1) is 24.8 Å². The van der Waals surface area contributed by atoms with Gasteiger partial charge in [0, 0.05) is 5.70 Å². The van der Waals surface area contributed by atoms with Gasteiger partial charge in [0.1, 0.15) is 0 Å². The second kappa shape index (κ2) is 7.25. The van der Waals surface area contributed by atoms with E-state index in [1.807, 2.05) is 0 Å². The van der Waals surface area contributed by atoms with E-state index in [4.69, 9.17) is 16.7 Å². The van der Waals surface area contributed by atoms with Gasteiger partial charge in [0.05, 0.1) is 22.7 Å². The second-order valence-electron chi connectivity index (χ2n) is 6.20. The van der Waals surface area contributed by atoms with Crippen molar-refractivity contribution in [2.45, 2.75) is 37.5 Å². The summed E-state index contributed by atoms with van der Waals surface area (Å²) < 4.78 is 40.9. The number of thiophene rings is 1. The molecule has 28 heavy (non-hydrogen) atoms. The number of amides is 1. The molecule has 1 aromatic heterocycles. The molecule has 1 aliphatic carbocycles. The summed E-state index contributed by atoms with van der Waals surface area (Å²) >= 11 is 6.54. The highest BCUT2D eigenvalue weighted by Gasteiger charge is 2.43. The number of allylic oxidation sites excluding steroid dienone is 2. The van der Waals surface area contributed by atoms with Crippen LogP contribution in [0.5, 0.6) is 5.06 Å². The number of hydrogen-bond acceptors (Lipinski definition) is 5. The molecular weight excluding hydrogens is 423 g/mol. The molecule has 3 rings (SSSR count). The van der Waals surface area contributed by atoms with E-state index in [2.05, 4.69) is 4.74 Å². The Morgan fingerprint density at radius 3 is 2.68 bits per heavy atom. The minimum atomic E-state index is -4.88. The first-order valence-corrected chi connectivity index (χ1v) is 9.23. The van der Waals surface area contributed by atoms with Gasteiger partial charge in [-0.25, -0.2) is 0 Å². The van der Waals surface area contributed by atoms with Crippen LogP contribution in [0.4, 0.5) is 13.2 Å². The fourth-order valence-electron chi connectivity index (χ4n) is 3.30. The van der Waals surface area contributed by atoms with Gasteiger partial charge in [0.25, 0.3) is 5.91 Å². The predicted molar refractivity (Wildman–Crippen MR) is 93.3 cm³/mol. The highest BCUT2D eigenvalue weighted by atomic mass is 35.5. The molecule has 1 amide bonds. The summed E-state index contributed by atoms with van der Waals surface area (Å²) in [5.41, 5.74) is 1.05. The van der Waals surface area contributed by atoms with Crippen molar-refractivity contribution in [3.63, 3.8) is 0 Å². The molecule has 150 valence electrons. The lowest BCUT2D eigenvalue weighted by molar-refractivity contribution is -0.273. The number of carboxylic acids is 1. The van der Waals surface area contributed by atoms with Gasteiger partial charge in [-0.3, -0.25) is 14.4 Å². The van der Waals surface area contributed by atoms with Gasteiger partial charge in [0.15, 0.2) is 10.8 Å². The fraction of sp³-hybridized carbons (Fsp3) is 0.353. The molecule has 6 nitrogen and oxygen atoms in total. The lowest BCUT2D eigenvalue weighted by atomic mass is 9.89. The molecule has 1 N–H and O–H groups in total. The number of nitrogens with zero attached hydrogens (tertiary/aromatic N) is 1. The van der Waals surface area contributed by atoms with Crippen LogP contribution in [0.1, 0.15) is 29.4 Å². The molecule has 0 spiro atoms. The molecule has 0 saturated carbocycles. The van der Waals surface area contributed by atoms with Crippen LogP contribution in [0.2, 0.25) is 0 Å². The van der Waals surface area contributed by atoms with Gasteiger partial charge in [0.2, 0.25) is 0 Å². The third-order valence-electron chi connectivity index (χ3n) is 4.41. The average Bonchev–Trinajstić information content (AvgIpc) is 3.10. The Bertz CT molecular complexity index is 920. The van der Waals surface area contributed by atoms with Crippen LogP contribution in [0.25, 0.3) is 0 Å². The average molecular weight is 436 g/mol. The van der Waals surface area contributed by atoms with Gasteiger partial charge in [-0.1, -0.05) is 11.3 Å². The SMILES string of the molecule is CC1=C(CC(=O)O)C2=CC(=O)C(Cl)CC2N1C(=O)c1ccc(OC(F)(F)F)s1. The molecular formula is C17H13ClF3NO5S.